The SMILES string of the molecule is COc1cc(C(N)C(F)(F)F)ccc1C(C)CNc1cc(-c2ccc(C)nc2)ncn1. The van der Waals surface area contributed by atoms with Crippen molar-refractivity contribution in [1.82, 2.24) is 15.0 Å². The topological polar surface area (TPSA) is 86.0 Å². The Morgan fingerprint density at radius 1 is 1.10 bits per heavy atom. The maximum atomic E-state index is 12.9. The van der Waals surface area contributed by atoms with Crippen LogP contribution in [0.2, 0.25) is 0 Å². The van der Waals surface area contributed by atoms with Gasteiger partial charge in [0.15, 0.2) is 0 Å². The normalized spacial score (nSPS) is 13.5. The average Bonchev–Trinajstić information content (AvgIpc) is 2.76. The van der Waals surface area contributed by atoms with Crippen LogP contribution in [0, 0.1) is 6.92 Å². The largest absolute Gasteiger partial charge is 0.496 e. The Bertz CT molecular complexity index is 1020. The highest BCUT2D eigenvalue weighted by Gasteiger charge is 2.38. The molecule has 0 amide bonds. The summed E-state index contributed by atoms with van der Waals surface area (Å²) in [5, 5.41) is 3.25. The summed E-state index contributed by atoms with van der Waals surface area (Å²) in [5.74, 6) is 0.929. The molecule has 9 heteroatoms. The molecule has 3 aromatic rings. The molecule has 2 aromatic heterocycles. The average molecular weight is 431 g/mol. The fourth-order valence-corrected chi connectivity index (χ4v) is 3.12. The van der Waals surface area contributed by atoms with Gasteiger partial charge in [0.2, 0.25) is 0 Å². The lowest BCUT2D eigenvalue weighted by atomic mass is 9.96. The zero-order valence-electron chi connectivity index (χ0n) is 17.4. The zero-order valence-corrected chi connectivity index (χ0v) is 17.4. The molecule has 0 saturated carbocycles. The van der Waals surface area contributed by atoms with Gasteiger partial charge in [-0.05, 0) is 36.2 Å². The van der Waals surface area contributed by atoms with Gasteiger partial charge in [0.25, 0.3) is 0 Å². The van der Waals surface area contributed by atoms with Gasteiger partial charge in [-0.2, -0.15) is 13.2 Å². The van der Waals surface area contributed by atoms with E-state index in [-0.39, 0.29) is 11.5 Å². The number of hydrogen-bond acceptors (Lipinski definition) is 6. The van der Waals surface area contributed by atoms with E-state index in [0.29, 0.717) is 18.1 Å². The number of nitrogens with zero attached hydrogens (tertiary/aromatic N) is 3. The molecule has 2 unspecified atom stereocenters. The Kier molecular flexibility index (Phi) is 6.74. The lowest BCUT2D eigenvalue weighted by Crippen LogP contribution is -2.28. The van der Waals surface area contributed by atoms with Crippen LogP contribution in [0.3, 0.4) is 0 Å². The Balaban J connectivity index is 1.73. The van der Waals surface area contributed by atoms with Crippen LogP contribution < -0.4 is 15.8 Å². The van der Waals surface area contributed by atoms with Crippen LogP contribution in [0.15, 0.2) is 48.9 Å². The number of rotatable bonds is 7. The van der Waals surface area contributed by atoms with Gasteiger partial charge in [-0.25, -0.2) is 9.97 Å². The number of aryl methyl sites for hydroxylation is 1. The van der Waals surface area contributed by atoms with E-state index < -0.39 is 12.2 Å². The zero-order chi connectivity index (χ0) is 22.6. The number of nitrogens with two attached hydrogens (primary N) is 1. The summed E-state index contributed by atoms with van der Waals surface area (Å²) in [6, 6.07) is 7.97. The molecule has 0 bridgehead atoms. The molecule has 0 aliphatic heterocycles. The van der Waals surface area contributed by atoms with Gasteiger partial charge < -0.3 is 15.8 Å². The van der Waals surface area contributed by atoms with Crippen molar-refractivity contribution in [2.45, 2.75) is 32.0 Å². The van der Waals surface area contributed by atoms with E-state index in [9.17, 15) is 13.2 Å². The molecule has 3 rings (SSSR count). The van der Waals surface area contributed by atoms with Crippen molar-refractivity contribution >= 4 is 5.82 Å². The van der Waals surface area contributed by atoms with Gasteiger partial charge in [0.05, 0.1) is 12.8 Å². The molecule has 0 saturated heterocycles. The van der Waals surface area contributed by atoms with E-state index in [1.54, 1.807) is 12.3 Å². The van der Waals surface area contributed by atoms with Crippen LogP contribution in [0.1, 0.15) is 35.7 Å². The first kappa shape index (κ1) is 22.5. The number of aromatic nitrogens is 3. The van der Waals surface area contributed by atoms with Gasteiger partial charge >= 0.3 is 6.18 Å². The van der Waals surface area contributed by atoms with E-state index in [2.05, 4.69) is 20.3 Å². The minimum absolute atomic E-state index is 0.0413. The number of benzene rings is 1. The number of alkyl halides is 3. The third-order valence-corrected chi connectivity index (χ3v) is 4.96. The highest BCUT2D eigenvalue weighted by atomic mass is 19.4. The summed E-state index contributed by atoms with van der Waals surface area (Å²) in [6.07, 6.45) is -1.30. The highest BCUT2D eigenvalue weighted by Crippen LogP contribution is 2.35. The number of anilines is 1. The van der Waals surface area contributed by atoms with E-state index in [1.165, 1.54) is 25.6 Å². The van der Waals surface area contributed by atoms with Crippen molar-refractivity contribution < 1.29 is 17.9 Å². The van der Waals surface area contributed by atoms with Gasteiger partial charge in [0.1, 0.15) is 23.9 Å². The maximum absolute atomic E-state index is 12.9. The molecular weight excluding hydrogens is 407 g/mol. The monoisotopic (exact) mass is 431 g/mol. The number of ether oxygens (including phenoxy) is 1. The smallest absolute Gasteiger partial charge is 0.407 e. The first-order chi connectivity index (χ1) is 14.7. The third kappa shape index (κ3) is 5.49. The number of halogens is 3. The first-order valence-corrected chi connectivity index (χ1v) is 9.68. The second kappa shape index (κ2) is 9.30. The lowest BCUT2D eigenvalue weighted by Gasteiger charge is -2.20. The highest BCUT2D eigenvalue weighted by molar-refractivity contribution is 5.61. The van der Waals surface area contributed by atoms with Crippen LogP contribution in [-0.4, -0.2) is 34.8 Å². The molecule has 2 atom stereocenters. The quantitative estimate of drug-likeness (QED) is 0.567. The van der Waals surface area contributed by atoms with Crippen molar-refractivity contribution in [2.75, 3.05) is 19.0 Å². The van der Waals surface area contributed by atoms with Crippen LogP contribution in [0.25, 0.3) is 11.3 Å². The van der Waals surface area contributed by atoms with Crippen molar-refractivity contribution in [3.63, 3.8) is 0 Å². The molecule has 2 heterocycles. The van der Waals surface area contributed by atoms with Crippen molar-refractivity contribution in [1.29, 1.82) is 0 Å². The van der Waals surface area contributed by atoms with Crippen molar-refractivity contribution in [3.8, 4) is 17.0 Å². The van der Waals surface area contributed by atoms with Crippen LogP contribution >= 0.6 is 0 Å². The molecule has 164 valence electrons. The van der Waals surface area contributed by atoms with Crippen molar-refractivity contribution in [2.24, 2.45) is 5.73 Å². The molecule has 0 fully saturated rings. The summed E-state index contributed by atoms with van der Waals surface area (Å²) in [5.41, 5.74) is 8.57. The summed E-state index contributed by atoms with van der Waals surface area (Å²) < 4.78 is 44.1. The van der Waals surface area contributed by atoms with E-state index in [4.69, 9.17) is 10.5 Å². The number of nitrogens with one attached hydrogen (secondary N) is 1. The fourth-order valence-electron chi connectivity index (χ4n) is 3.12. The molecule has 6 nitrogen and oxygen atoms in total. The molecule has 0 radical (unpaired) electrons. The molecule has 31 heavy (non-hydrogen) atoms. The fraction of sp³-hybridized carbons (Fsp3) is 0.318. The summed E-state index contributed by atoms with van der Waals surface area (Å²) in [4.78, 5) is 12.8. The summed E-state index contributed by atoms with van der Waals surface area (Å²) >= 11 is 0. The summed E-state index contributed by atoms with van der Waals surface area (Å²) in [7, 11) is 1.42. The number of pyridine rings is 1. The minimum Gasteiger partial charge on any atom is -0.496 e. The second-order valence-electron chi connectivity index (χ2n) is 7.28. The second-order valence-corrected chi connectivity index (χ2v) is 7.28. The van der Waals surface area contributed by atoms with Gasteiger partial charge in [-0.1, -0.05) is 19.1 Å². The molecular formula is C22H24F3N5O. The standard InChI is InChI=1S/C22H24F3N5O/c1-13(17-7-6-15(8-19(17)31-3)21(26)22(23,24)25)10-28-20-9-18(29-12-30-20)16-5-4-14(2)27-11-16/h4-9,11-13,21H,10,26H2,1-3H3,(H,28,29,30). The molecule has 0 aliphatic rings. The van der Waals surface area contributed by atoms with Crippen LogP contribution in [-0.2, 0) is 0 Å². The molecule has 0 spiro atoms. The third-order valence-electron chi connectivity index (χ3n) is 4.96. The van der Waals surface area contributed by atoms with Gasteiger partial charge in [0, 0.05) is 36.0 Å². The Morgan fingerprint density at radius 3 is 2.52 bits per heavy atom. The Hall–Kier alpha value is -3.20. The molecule has 1 aromatic carbocycles. The predicted octanol–water partition coefficient (Wildman–Crippen LogP) is 4.63. The van der Waals surface area contributed by atoms with Crippen LogP contribution in [0.5, 0.6) is 5.75 Å². The van der Waals surface area contributed by atoms with E-state index >= 15 is 0 Å². The maximum Gasteiger partial charge on any atom is 0.407 e. The Morgan fingerprint density at radius 2 is 1.87 bits per heavy atom. The van der Waals surface area contributed by atoms with Gasteiger partial charge in [-0.3, -0.25) is 4.98 Å². The minimum atomic E-state index is -4.52. The van der Waals surface area contributed by atoms with Crippen molar-refractivity contribution in [3.05, 3.63) is 65.7 Å². The van der Waals surface area contributed by atoms with E-state index in [1.807, 2.05) is 32.0 Å². The predicted molar refractivity (Wildman–Crippen MR) is 113 cm³/mol. The summed E-state index contributed by atoms with van der Waals surface area (Å²) in [6.45, 7) is 4.35. The van der Waals surface area contributed by atoms with Crippen LogP contribution in [0.4, 0.5) is 19.0 Å². The first-order valence-electron chi connectivity index (χ1n) is 9.68. The number of methoxy groups -OCH3 is 1. The Labute approximate surface area is 178 Å². The molecule has 0 aliphatic carbocycles. The van der Waals surface area contributed by atoms with E-state index in [0.717, 1.165) is 22.5 Å². The molecule has 3 N–H and O–H groups in total. The van der Waals surface area contributed by atoms with Gasteiger partial charge in [-0.15, -0.1) is 0 Å². The lowest BCUT2D eigenvalue weighted by molar-refractivity contribution is -0.149. The number of hydrogen-bond donors (Lipinski definition) is 2.